The van der Waals surface area contributed by atoms with E-state index in [1.165, 1.54) is 9.20 Å². The highest BCUT2D eigenvalue weighted by molar-refractivity contribution is 7.98. The average molecular weight is 452 g/mol. The second-order valence-electron chi connectivity index (χ2n) is 7.75. The van der Waals surface area contributed by atoms with E-state index in [-0.39, 0.29) is 22.6 Å². The van der Waals surface area contributed by atoms with Crippen molar-refractivity contribution in [3.8, 4) is 0 Å². The van der Waals surface area contributed by atoms with Crippen LogP contribution in [-0.2, 0) is 21.4 Å². The Morgan fingerprint density at radius 3 is 2.43 bits per heavy atom. The fourth-order valence-corrected chi connectivity index (χ4v) is 6.06. The Balaban J connectivity index is 1.54. The number of nitrogens with zero attached hydrogens (tertiary/aromatic N) is 2. The van der Waals surface area contributed by atoms with Crippen molar-refractivity contribution in [2.75, 3.05) is 19.3 Å². The van der Waals surface area contributed by atoms with Crippen LogP contribution in [0.15, 0.2) is 38.6 Å². The van der Waals surface area contributed by atoms with Gasteiger partial charge in [-0.15, -0.1) is 11.8 Å². The summed E-state index contributed by atoms with van der Waals surface area (Å²) in [6.07, 6.45) is 3.34. The molecule has 0 unspecified atom stereocenters. The first kappa shape index (κ1) is 22.8. The van der Waals surface area contributed by atoms with Gasteiger partial charge in [-0.3, -0.25) is 4.79 Å². The summed E-state index contributed by atoms with van der Waals surface area (Å²) in [6, 6.07) is 8.14. The molecule has 1 amide bonds. The molecule has 1 aliphatic rings. The molecule has 2 heterocycles. The van der Waals surface area contributed by atoms with Gasteiger partial charge in [-0.05, 0) is 56.6 Å². The quantitative estimate of drug-likeness (QED) is 0.649. The summed E-state index contributed by atoms with van der Waals surface area (Å²) in [6.45, 7) is 6.46. The van der Waals surface area contributed by atoms with E-state index in [1.54, 1.807) is 25.6 Å². The Morgan fingerprint density at radius 2 is 1.90 bits per heavy atom. The van der Waals surface area contributed by atoms with Crippen molar-refractivity contribution in [1.29, 1.82) is 0 Å². The minimum absolute atomic E-state index is 0.0102. The summed E-state index contributed by atoms with van der Waals surface area (Å²) in [4.78, 5) is 14.0. The zero-order valence-electron chi connectivity index (χ0n) is 17.8. The van der Waals surface area contributed by atoms with Crippen LogP contribution in [0, 0.1) is 25.7 Å². The van der Waals surface area contributed by atoms with Gasteiger partial charge in [0.2, 0.25) is 15.9 Å². The third-order valence-corrected chi connectivity index (χ3v) is 8.70. The van der Waals surface area contributed by atoms with E-state index in [1.807, 2.05) is 37.4 Å². The number of nitrogens with one attached hydrogen (secondary N) is 1. The minimum Gasteiger partial charge on any atom is -0.360 e. The first-order valence-corrected chi connectivity index (χ1v) is 12.7. The van der Waals surface area contributed by atoms with Crippen LogP contribution in [0.5, 0.6) is 0 Å². The Morgan fingerprint density at radius 1 is 1.27 bits per heavy atom. The van der Waals surface area contributed by atoms with Crippen LogP contribution < -0.4 is 5.32 Å². The van der Waals surface area contributed by atoms with Crippen LogP contribution in [-0.4, -0.2) is 43.1 Å². The van der Waals surface area contributed by atoms with Crippen molar-refractivity contribution in [3.05, 3.63) is 41.3 Å². The van der Waals surface area contributed by atoms with Crippen LogP contribution in [0.2, 0.25) is 0 Å². The number of amides is 1. The number of piperidine rings is 1. The Bertz CT molecular complexity index is 959. The molecule has 2 aromatic rings. The third kappa shape index (κ3) is 4.90. The number of carbonyl (C=O) groups is 1. The van der Waals surface area contributed by atoms with Gasteiger partial charge in [0.15, 0.2) is 5.76 Å². The lowest BCUT2D eigenvalue weighted by molar-refractivity contribution is -0.126. The number of carbonyl (C=O) groups excluding carboxylic acids is 1. The number of aryl methyl sites for hydroxylation is 2. The molecule has 9 heteroatoms. The highest BCUT2D eigenvalue weighted by Crippen LogP contribution is 2.30. The molecule has 1 aromatic heterocycles. The third-order valence-electron chi connectivity index (χ3n) is 5.81. The summed E-state index contributed by atoms with van der Waals surface area (Å²) in [7, 11) is -3.63. The van der Waals surface area contributed by atoms with Crippen LogP contribution in [0.25, 0.3) is 0 Å². The lowest BCUT2D eigenvalue weighted by atomic mass is 9.85. The van der Waals surface area contributed by atoms with Crippen LogP contribution in [0.4, 0.5) is 0 Å². The molecule has 1 fully saturated rings. The second kappa shape index (κ2) is 9.53. The summed E-state index contributed by atoms with van der Waals surface area (Å²) in [5.74, 6) is 0.309. The van der Waals surface area contributed by atoms with Crippen molar-refractivity contribution in [3.63, 3.8) is 0 Å². The molecule has 0 spiro atoms. The zero-order valence-corrected chi connectivity index (χ0v) is 19.5. The highest BCUT2D eigenvalue weighted by atomic mass is 32.2. The number of sulfonamides is 1. The van der Waals surface area contributed by atoms with Gasteiger partial charge in [-0.2, -0.15) is 4.31 Å². The molecule has 0 radical (unpaired) electrons. The van der Waals surface area contributed by atoms with E-state index < -0.39 is 10.0 Å². The molecule has 1 aromatic carbocycles. The number of hydrogen-bond donors (Lipinski definition) is 1. The molecule has 3 rings (SSSR count). The van der Waals surface area contributed by atoms with Crippen molar-refractivity contribution >= 4 is 27.7 Å². The molecule has 1 atom stereocenters. The second-order valence-corrected chi connectivity index (χ2v) is 10.5. The predicted molar refractivity (Wildman–Crippen MR) is 117 cm³/mol. The van der Waals surface area contributed by atoms with Gasteiger partial charge >= 0.3 is 0 Å². The molecular formula is C21H29N3O4S2. The van der Waals surface area contributed by atoms with Crippen molar-refractivity contribution < 1.29 is 17.7 Å². The standard InChI is InChI=1S/C21H29N3O4S2/c1-14(21(25)22-13-17-5-7-19(29-4)8-6-17)18-9-11-24(12-10-18)30(26,27)20-15(2)23-28-16(20)3/h5-8,14,18H,9-13H2,1-4H3,(H,22,25)/t14-/m1/s1. The van der Waals surface area contributed by atoms with Crippen molar-refractivity contribution in [1.82, 2.24) is 14.8 Å². The average Bonchev–Trinajstić information content (AvgIpc) is 3.10. The highest BCUT2D eigenvalue weighted by Gasteiger charge is 2.36. The van der Waals surface area contributed by atoms with E-state index in [2.05, 4.69) is 10.5 Å². The van der Waals surface area contributed by atoms with Gasteiger partial charge in [-0.25, -0.2) is 8.42 Å². The van der Waals surface area contributed by atoms with E-state index in [4.69, 9.17) is 4.52 Å². The molecule has 1 saturated heterocycles. The van der Waals surface area contributed by atoms with Gasteiger partial charge in [0.1, 0.15) is 10.6 Å². The topological polar surface area (TPSA) is 92.5 Å². The normalized spacial score (nSPS) is 17.1. The maximum atomic E-state index is 13.0. The number of hydrogen-bond acceptors (Lipinski definition) is 6. The first-order valence-electron chi connectivity index (χ1n) is 10.1. The van der Waals surface area contributed by atoms with Crippen molar-refractivity contribution in [2.24, 2.45) is 11.8 Å². The van der Waals surface area contributed by atoms with E-state index in [9.17, 15) is 13.2 Å². The van der Waals surface area contributed by atoms with E-state index >= 15 is 0 Å². The molecule has 30 heavy (non-hydrogen) atoms. The number of benzene rings is 1. The van der Waals surface area contributed by atoms with Gasteiger partial charge in [0.25, 0.3) is 0 Å². The molecule has 0 aliphatic carbocycles. The van der Waals surface area contributed by atoms with Crippen molar-refractivity contribution in [2.45, 2.75) is 49.9 Å². The Kier molecular flexibility index (Phi) is 7.26. The Hall–Kier alpha value is -1.84. The number of rotatable bonds is 7. The van der Waals surface area contributed by atoms with Gasteiger partial charge < -0.3 is 9.84 Å². The fraction of sp³-hybridized carbons (Fsp3) is 0.524. The van der Waals surface area contributed by atoms with E-state index in [0.717, 1.165) is 5.56 Å². The number of aromatic nitrogens is 1. The lowest BCUT2D eigenvalue weighted by Crippen LogP contribution is -2.42. The van der Waals surface area contributed by atoms with Crippen LogP contribution in [0.3, 0.4) is 0 Å². The fourth-order valence-electron chi connectivity index (χ4n) is 3.90. The predicted octanol–water partition coefficient (Wildman–Crippen LogP) is 3.37. The van der Waals surface area contributed by atoms with Gasteiger partial charge in [-0.1, -0.05) is 24.2 Å². The molecular weight excluding hydrogens is 422 g/mol. The SMILES string of the molecule is CSc1ccc(CNC(=O)[C@H](C)C2CCN(S(=O)(=O)c3c(C)noc3C)CC2)cc1. The summed E-state index contributed by atoms with van der Waals surface area (Å²) >= 11 is 1.69. The lowest BCUT2D eigenvalue weighted by Gasteiger charge is -2.33. The maximum absolute atomic E-state index is 13.0. The maximum Gasteiger partial charge on any atom is 0.248 e. The molecule has 1 N–H and O–H groups in total. The molecule has 0 bridgehead atoms. The summed E-state index contributed by atoms with van der Waals surface area (Å²) in [5, 5.41) is 6.78. The summed E-state index contributed by atoms with van der Waals surface area (Å²) in [5.41, 5.74) is 1.45. The zero-order chi connectivity index (χ0) is 21.9. The summed E-state index contributed by atoms with van der Waals surface area (Å²) < 4.78 is 32.4. The van der Waals surface area contributed by atoms with Gasteiger partial charge in [0.05, 0.1) is 0 Å². The molecule has 0 saturated carbocycles. The smallest absolute Gasteiger partial charge is 0.248 e. The first-order chi connectivity index (χ1) is 14.2. The molecule has 1 aliphatic heterocycles. The number of thioether (sulfide) groups is 1. The molecule has 7 nitrogen and oxygen atoms in total. The minimum atomic E-state index is -3.63. The van der Waals surface area contributed by atoms with Crippen LogP contribution in [0.1, 0.15) is 36.8 Å². The molecule has 164 valence electrons. The largest absolute Gasteiger partial charge is 0.360 e. The monoisotopic (exact) mass is 451 g/mol. The van der Waals surface area contributed by atoms with Gasteiger partial charge in [0, 0.05) is 30.4 Å². The van der Waals surface area contributed by atoms with E-state index in [0.29, 0.717) is 43.9 Å². The van der Waals surface area contributed by atoms with Crippen LogP contribution >= 0.6 is 11.8 Å². The Labute approximate surface area is 182 Å².